The number of sulfonamides is 1. The summed E-state index contributed by atoms with van der Waals surface area (Å²) in [5, 5.41) is 2.54. The number of nitrogens with one attached hydrogen (secondary N) is 2. The number of hydrogen-bond acceptors (Lipinski definition) is 5. The second kappa shape index (κ2) is 6.76. The minimum Gasteiger partial charge on any atom is -0.497 e. The van der Waals surface area contributed by atoms with Crippen molar-refractivity contribution in [3.63, 3.8) is 0 Å². The van der Waals surface area contributed by atoms with Crippen molar-refractivity contribution in [3.05, 3.63) is 57.7 Å². The van der Waals surface area contributed by atoms with Crippen molar-refractivity contribution in [1.29, 1.82) is 0 Å². The fourth-order valence-electron chi connectivity index (χ4n) is 2.35. The average molecular weight is 364 g/mol. The number of ether oxygens (including phenoxy) is 1. The van der Waals surface area contributed by atoms with Crippen LogP contribution in [0, 0.1) is 0 Å². The van der Waals surface area contributed by atoms with Gasteiger partial charge >= 0.3 is 0 Å². The summed E-state index contributed by atoms with van der Waals surface area (Å²) in [4.78, 5) is 14.9. The van der Waals surface area contributed by atoms with Crippen molar-refractivity contribution in [2.45, 2.75) is 10.6 Å². The molecule has 0 saturated heterocycles. The molecule has 0 unspecified atom stereocenters. The summed E-state index contributed by atoms with van der Waals surface area (Å²) >= 11 is 1.15. The molecule has 0 fully saturated rings. The van der Waals surface area contributed by atoms with E-state index in [2.05, 4.69) is 9.71 Å². The molecule has 0 saturated carbocycles. The molecule has 2 aromatic heterocycles. The van der Waals surface area contributed by atoms with E-state index in [0.29, 0.717) is 23.3 Å². The second-order valence-corrected chi connectivity index (χ2v) is 8.10. The van der Waals surface area contributed by atoms with E-state index in [1.165, 1.54) is 0 Å². The highest BCUT2D eigenvalue weighted by Gasteiger charge is 2.14. The minimum absolute atomic E-state index is 0.152. The first kappa shape index (κ1) is 16.7. The van der Waals surface area contributed by atoms with E-state index < -0.39 is 10.0 Å². The largest absolute Gasteiger partial charge is 0.497 e. The molecule has 3 aromatic rings. The molecule has 0 radical (unpaired) electrons. The standard InChI is InChI=1S/C16H16N2O4S2/c1-22-13-4-5-14-12(10-13)9-11(16(19)18-14)6-7-17-24(20,21)15-3-2-8-23-15/h2-5,8-10,17H,6-7H2,1H3,(H,18,19). The fraction of sp³-hybridized carbons (Fsp3) is 0.188. The van der Waals surface area contributed by atoms with E-state index >= 15 is 0 Å². The Morgan fingerprint density at radius 3 is 2.79 bits per heavy atom. The average Bonchev–Trinajstić information content (AvgIpc) is 3.10. The van der Waals surface area contributed by atoms with Crippen LogP contribution in [0.5, 0.6) is 5.75 Å². The van der Waals surface area contributed by atoms with Gasteiger partial charge in [-0.05, 0) is 42.1 Å². The zero-order valence-electron chi connectivity index (χ0n) is 12.9. The molecule has 0 atom stereocenters. The summed E-state index contributed by atoms with van der Waals surface area (Å²) in [5.41, 5.74) is 1.01. The minimum atomic E-state index is -3.52. The van der Waals surface area contributed by atoms with Crippen molar-refractivity contribution >= 4 is 32.3 Å². The third-order valence-electron chi connectivity index (χ3n) is 3.57. The fourth-order valence-corrected chi connectivity index (χ4v) is 4.42. The van der Waals surface area contributed by atoms with Gasteiger partial charge in [0.1, 0.15) is 9.96 Å². The normalized spacial score (nSPS) is 11.7. The van der Waals surface area contributed by atoms with Crippen molar-refractivity contribution < 1.29 is 13.2 Å². The van der Waals surface area contributed by atoms with Crippen molar-refractivity contribution in [2.75, 3.05) is 13.7 Å². The maximum absolute atomic E-state index is 12.1. The summed E-state index contributed by atoms with van der Waals surface area (Å²) in [5.74, 6) is 0.693. The number of methoxy groups -OCH3 is 1. The molecule has 3 rings (SSSR count). The Balaban J connectivity index is 1.77. The Bertz CT molecular complexity index is 1010. The number of aromatic nitrogens is 1. The number of hydrogen-bond donors (Lipinski definition) is 2. The van der Waals surface area contributed by atoms with Gasteiger partial charge in [-0.1, -0.05) is 6.07 Å². The zero-order valence-corrected chi connectivity index (χ0v) is 14.5. The highest BCUT2D eigenvalue weighted by molar-refractivity contribution is 7.91. The van der Waals surface area contributed by atoms with Crippen LogP contribution in [0.1, 0.15) is 5.56 Å². The lowest BCUT2D eigenvalue weighted by Crippen LogP contribution is -2.27. The first-order chi connectivity index (χ1) is 11.5. The number of thiophene rings is 1. The number of H-pyrrole nitrogens is 1. The van der Waals surface area contributed by atoms with Gasteiger partial charge in [-0.15, -0.1) is 11.3 Å². The van der Waals surface area contributed by atoms with Crippen LogP contribution in [0.4, 0.5) is 0 Å². The number of pyridine rings is 1. The lowest BCUT2D eigenvalue weighted by Gasteiger charge is -2.07. The molecule has 6 nitrogen and oxygen atoms in total. The van der Waals surface area contributed by atoms with Gasteiger partial charge in [0.15, 0.2) is 0 Å². The summed E-state index contributed by atoms with van der Waals surface area (Å²) in [7, 11) is -1.94. The molecule has 2 heterocycles. The third kappa shape index (κ3) is 3.50. The lowest BCUT2D eigenvalue weighted by atomic mass is 10.1. The molecule has 126 valence electrons. The van der Waals surface area contributed by atoms with Crippen LogP contribution in [0.2, 0.25) is 0 Å². The molecule has 0 aliphatic heterocycles. The van der Waals surface area contributed by atoms with Gasteiger partial charge in [0.25, 0.3) is 5.56 Å². The first-order valence-electron chi connectivity index (χ1n) is 7.23. The van der Waals surface area contributed by atoms with E-state index in [1.807, 2.05) is 6.07 Å². The second-order valence-electron chi connectivity index (χ2n) is 5.16. The molecule has 0 aliphatic rings. The molecule has 8 heteroatoms. The van der Waals surface area contributed by atoms with Crippen LogP contribution in [0.15, 0.2) is 50.8 Å². The van der Waals surface area contributed by atoms with Crippen molar-refractivity contribution in [3.8, 4) is 5.75 Å². The van der Waals surface area contributed by atoms with Gasteiger partial charge in [-0.2, -0.15) is 0 Å². The van der Waals surface area contributed by atoms with Crippen LogP contribution in [0.25, 0.3) is 10.9 Å². The van der Waals surface area contributed by atoms with E-state index in [1.54, 1.807) is 42.8 Å². The van der Waals surface area contributed by atoms with Crippen LogP contribution < -0.4 is 15.0 Å². The third-order valence-corrected chi connectivity index (χ3v) is 6.43. The molecule has 0 amide bonds. The predicted molar refractivity (Wildman–Crippen MR) is 94.3 cm³/mol. The molecular formula is C16H16N2O4S2. The Morgan fingerprint density at radius 2 is 2.08 bits per heavy atom. The first-order valence-corrected chi connectivity index (χ1v) is 9.59. The quantitative estimate of drug-likeness (QED) is 0.701. The number of rotatable bonds is 6. The van der Waals surface area contributed by atoms with Crippen LogP contribution >= 0.6 is 11.3 Å². The molecular weight excluding hydrogens is 348 g/mol. The van der Waals surface area contributed by atoms with E-state index in [4.69, 9.17) is 4.74 Å². The zero-order chi connectivity index (χ0) is 17.2. The molecule has 0 aliphatic carbocycles. The van der Waals surface area contributed by atoms with E-state index in [-0.39, 0.29) is 16.3 Å². The molecule has 1 aromatic carbocycles. The van der Waals surface area contributed by atoms with Crippen LogP contribution in [0.3, 0.4) is 0 Å². The van der Waals surface area contributed by atoms with Crippen LogP contribution in [-0.2, 0) is 16.4 Å². The van der Waals surface area contributed by atoms with E-state index in [9.17, 15) is 13.2 Å². The number of benzene rings is 1. The van der Waals surface area contributed by atoms with Gasteiger partial charge in [-0.25, -0.2) is 13.1 Å². The topological polar surface area (TPSA) is 88.3 Å². The maximum atomic E-state index is 12.1. The number of fused-ring (bicyclic) bond motifs is 1. The van der Waals surface area contributed by atoms with E-state index in [0.717, 1.165) is 16.7 Å². The maximum Gasteiger partial charge on any atom is 0.251 e. The van der Waals surface area contributed by atoms with Crippen molar-refractivity contribution in [2.24, 2.45) is 0 Å². The Hall–Kier alpha value is -2.16. The Kier molecular flexibility index (Phi) is 4.70. The van der Waals surface area contributed by atoms with Gasteiger partial charge < -0.3 is 9.72 Å². The number of aromatic amines is 1. The van der Waals surface area contributed by atoms with Gasteiger partial charge in [-0.3, -0.25) is 4.79 Å². The molecule has 2 N–H and O–H groups in total. The van der Waals surface area contributed by atoms with Crippen LogP contribution in [-0.4, -0.2) is 27.1 Å². The summed E-state index contributed by atoms with van der Waals surface area (Å²) in [6.45, 7) is 0.152. The molecule has 0 bridgehead atoms. The van der Waals surface area contributed by atoms with Gasteiger partial charge in [0.2, 0.25) is 10.0 Å². The Labute approximate surface area is 143 Å². The summed E-state index contributed by atoms with van der Waals surface area (Å²) < 4.78 is 32.1. The van der Waals surface area contributed by atoms with Gasteiger partial charge in [0.05, 0.1) is 7.11 Å². The van der Waals surface area contributed by atoms with Crippen molar-refractivity contribution in [1.82, 2.24) is 9.71 Å². The summed E-state index contributed by atoms with van der Waals surface area (Å²) in [6.07, 6.45) is 0.299. The molecule has 24 heavy (non-hydrogen) atoms. The highest BCUT2D eigenvalue weighted by Crippen LogP contribution is 2.19. The SMILES string of the molecule is COc1ccc2[nH]c(=O)c(CCNS(=O)(=O)c3cccs3)cc2c1. The predicted octanol–water partition coefficient (Wildman–Crippen LogP) is 2.12. The highest BCUT2D eigenvalue weighted by atomic mass is 32.2. The lowest BCUT2D eigenvalue weighted by molar-refractivity contribution is 0.415. The monoisotopic (exact) mass is 364 g/mol. The Morgan fingerprint density at radius 1 is 1.25 bits per heavy atom. The smallest absolute Gasteiger partial charge is 0.251 e. The molecule has 0 spiro atoms. The summed E-state index contributed by atoms with van der Waals surface area (Å²) in [6, 6.07) is 10.4. The van der Waals surface area contributed by atoms with Gasteiger partial charge in [0, 0.05) is 23.0 Å².